The third-order valence-corrected chi connectivity index (χ3v) is 3.53. The van der Waals surface area contributed by atoms with Crippen LogP contribution in [0.2, 0.25) is 0 Å². The Morgan fingerprint density at radius 2 is 1.85 bits per heavy atom. The Morgan fingerprint density at radius 3 is 2.30 bits per heavy atom. The molecule has 1 aliphatic rings. The van der Waals surface area contributed by atoms with Gasteiger partial charge in [0, 0.05) is 6.61 Å². The Kier molecular flexibility index (Phi) is 11.7. The first-order chi connectivity index (χ1) is 9.60. The minimum absolute atomic E-state index is 0.0370. The zero-order chi connectivity index (χ0) is 15.4. The zero-order valence-corrected chi connectivity index (χ0v) is 13.0. The van der Waals surface area contributed by atoms with Gasteiger partial charge in [-0.25, -0.2) is 0 Å². The topological polar surface area (TPSA) is 76.0 Å². The van der Waals surface area contributed by atoms with Crippen molar-refractivity contribution >= 4 is 6.47 Å². The number of carbonyl (C=O) groups is 1. The summed E-state index contributed by atoms with van der Waals surface area (Å²) in [6, 6.07) is 0. The van der Waals surface area contributed by atoms with Crippen LogP contribution in [0.4, 0.5) is 0 Å². The first-order valence-corrected chi connectivity index (χ1v) is 7.67. The SMILES string of the molecule is CCOC(CC)C(O)CC.O=COC1CCCCC1O. The normalized spacial score (nSPS) is 25.1. The van der Waals surface area contributed by atoms with Gasteiger partial charge >= 0.3 is 0 Å². The molecule has 0 heterocycles. The predicted molar refractivity (Wildman–Crippen MR) is 77.4 cm³/mol. The third kappa shape index (κ3) is 7.82. The van der Waals surface area contributed by atoms with Gasteiger partial charge in [0.05, 0.1) is 18.3 Å². The molecule has 0 aromatic heterocycles. The van der Waals surface area contributed by atoms with E-state index in [9.17, 15) is 15.0 Å². The Balaban J connectivity index is 0.000000361. The maximum absolute atomic E-state index is 9.89. The molecule has 5 nitrogen and oxygen atoms in total. The van der Waals surface area contributed by atoms with Crippen molar-refractivity contribution in [3.63, 3.8) is 0 Å². The highest BCUT2D eigenvalue weighted by molar-refractivity contribution is 5.37. The lowest BCUT2D eigenvalue weighted by molar-refractivity contribution is -0.141. The second-order valence-corrected chi connectivity index (χ2v) is 5.00. The largest absolute Gasteiger partial charge is 0.462 e. The van der Waals surface area contributed by atoms with Gasteiger partial charge in [0.15, 0.2) is 0 Å². The molecule has 120 valence electrons. The number of aliphatic hydroxyl groups is 2. The van der Waals surface area contributed by atoms with Crippen LogP contribution in [0.15, 0.2) is 0 Å². The van der Waals surface area contributed by atoms with E-state index in [-0.39, 0.29) is 18.3 Å². The van der Waals surface area contributed by atoms with Crippen molar-refractivity contribution in [2.45, 2.75) is 83.7 Å². The molecule has 0 saturated heterocycles. The number of hydrogen-bond acceptors (Lipinski definition) is 5. The van der Waals surface area contributed by atoms with E-state index >= 15 is 0 Å². The van der Waals surface area contributed by atoms with E-state index in [0.717, 1.165) is 38.5 Å². The van der Waals surface area contributed by atoms with Crippen LogP contribution in [0.5, 0.6) is 0 Å². The van der Waals surface area contributed by atoms with Gasteiger partial charge in [0.1, 0.15) is 6.10 Å². The fourth-order valence-electron chi connectivity index (χ4n) is 2.29. The molecule has 4 atom stereocenters. The van der Waals surface area contributed by atoms with Crippen LogP contribution in [0, 0.1) is 0 Å². The van der Waals surface area contributed by atoms with Crippen molar-refractivity contribution in [2.75, 3.05) is 6.61 Å². The molecular formula is C15H30O5. The van der Waals surface area contributed by atoms with E-state index in [1.807, 2.05) is 20.8 Å². The highest BCUT2D eigenvalue weighted by atomic mass is 16.5. The fraction of sp³-hybridized carbons (Fsp3) is 0.933. The second kappa shape index (κ2) is 12.1. The second-order valence-electron chi connectivity index (χ2n) is 5.00. The van der Waals surface area contributed by atoms with E-state index in [1.54, 1.807) is 0 Å². The molecule has 1 aliphatic carbocycles. The quantitative estimate of drug-likeness (QED) is 0.702. The number of ether oxygens (including phenoxy) is 2. The van der Waals surface area contributed by atoms with Crippen LogP contribution < -0.4 is 0 Å². The molecule has 0 aromatic rings. The minimum atomic E-state index is -0.432. The fourth-order valence-corrected chi connectivity index (χ4v) is 2.29. The van der Waals surface area contributed by atoms with E-state index in [0.29, 0.717) is 13.1 Å². The lowest BCUT2D eigenvalue weighted by Gasteiger charge is -2.25. The standard InChI is InChI=1S/C8H18O2.C7H12O3/c1-4-7(9)8(5-2)10-6-3;8-5-10-7-4-2-1-3-6(7)9/h7-9H,4-6H2,1-3H3;5-7,9H,1-4H2. The van der Waals surface area contributed by atoms with Gasteiger partial charge in [-0.3, -0.25) is 4.79 Å². The highest BCUT2D eigenvalue weighted by Gasteiger charge is 2.23. The van der Waals surface area contributed by atoms with Gasteiger partial charge in [-0.1, -0.05) is 20.3 Å². The number of carbonyl (C=O) groups excluding carboxylic acids is 1. The molecule has 0 spiro atoms. The third-order valence-electron chi connectivity index (χ3n) is 3.53. The average Bonchev–Trinajstić information content (AvgIpc) is 2.47. The Hall–Kier alpha value is -0.650. The maximum atomic E-state index is 9.89. The van der Waals surface area contributed by atoms with E-state index in [2.05, 4.69) is 4.74 Å². The summed E-state index contributed by atoms with van der Waals surface area (Å²) in [4.78, 5) is 9.89. The molecule has 20 heavy (non-hydrogen) atoms. The van der Waals surface area contributed by atoms with Crippen LogP contribution in [0.1, 0.15) is 59.3 Å². The van der Waals surface area contributed by atoms with Gasteiger partial charge in [-0.2, -0.15) is 0 Å². The number of rotatable bonds is 7. The summed E-state index contributed by atoms with van der Waals surface area (Å²) in [7, 11) is 0. The summed E-state index contributed by atoms with van der Waals surface area (Å²) in [6.45, 7) is 7.05. The van der Waals surface area contributed by atoms with Gasteiger partial charge in [-0.15, -0.1) is 0 Å². The van der Waals surface area contributed by atoms with Crippen LogP contribution in [-0.2, 0) is 14.3 Å². The summed E-state index contributed by atoms with van der Waals surface area (Å²) in [5, 5.41) is 18.5. The van der Waals surface area contributed by atoms with Crippen LogP contribution in [0.25, 0.3) is 0 Å². The number of aliphatic hydroxyl groups excluding tert-OH is 2. The molecule has 0 aromatic carbocycles. The average molecular weight is 290 g/mol. The first kappa shape index (κ1) is 19.4. The molecule has 0 bridgehead atoms. The van der Waals surface area contributed by atoms with Crippen LogP contribution in [0.3, 0.4) is 0 Å². The Bertz CT molecular complexity index is 234. The van der Waals surface area contributed by atoms with E-state index in [1.165, 1.54) is 0 Å². The van der Waals surface area contributed by atoms with Crippen LogP contribution in [-0.4, -0.2) is 47.7 Å². The van der Waals surface area contributed by atoms with Gasteiger partial charge in [0.2, 0.25) is 0 Å². The summed E-state index contributed by atoms with van der Waals surface area (Å²) in [6.07, 6.45) is 4.40. The van der Waals surface area contributed by atoms with Crippen molar-refractivity contribution in [1.82, 2.24) is 0 Å². The van der Waals surface area contributed by atoms with E-state index in [4.69, 9.17) is 4.74 Å². The van der Waals surface area contributed by atoms with Crippen molar-refractivity contribution in [1.29, 1.82) is 0 Å². The lowest BCUT2D eigenvalue weighted by atomic mass is 9.95. The van der Waals surface area contributed by atoms with Gasteiger partial charge < -0.3 is 19.7 Å². The molecule has 2 N–H and O–H groups in total. The smallest absolute Gasteiger partial charge is 0.293 e. The van der Waals surface area contributed by atoms with Crippen molar-refractivity contribution in [3.8, 4) is 0 Å². The predicted octanol–water partition coefficient (Wildman–Crippen LogP) is 2.04. The highest BCUT2D eigenvalue weighted by Crippen LogP contribution is 2.20. The monoisotopic (exact) mass is 290 g/mol. The van der Waals surface area contributed by atoms with Crippen LogP contribution >= 0.6 is 0 Å². The molecule has 5 heteroatoms. The molecule has 0 radical (unpaired) electrons. The molecular weight excluding hydrogens is 260 g/mol. The molecule has 0 amide bonds. The van der Waals surface area contributed by atoms with Crippen molar-refractivity contribution < 1.29 is 24.5 Å². The molecule has 4 unspecified atom stereocenters. The molecule has 1 saturated carbocycles. The molecule has 0 aliphatic heterocycles. The van der Waals surface area contributed by atoms with E-state index < -0.39 is 6.10 Å². The Labute approximate surface area is 122 Å². The lowest BCUT2D eigenvalue weighted by Crippen LogP contribution is -2.31. The summed E-state index contributed by atoms with van der Waals surface area (Å²) in [5.41, 5.74) is 0. The first-order valence-electron chi connectivity index (χ1n) is 7.67. The summed E-state index contributed by atoms with van der Waals surface area (Å²) >= 11 is 0. The maximum Gasteiger partial charge on any atom is 0.293 e. The minimum Gasteiger partial charge on any atom is -0.462 e. The molecule has 1 fully saturated rings. The van der Waals surface area contributed by atoms with Crippen molar-refractivity contribution in [2.24, 2.45) is 0 Å². The van der Waals surface area contributed by atoms with Gasteiger partial charge in [-0.05, 0) is 39.0 Å². The Morgan fingerprint density at radius 1 is 1.20 bits per heavy atom. The van der Waals surface area contributed by atoms with Crippen molar-refractivity contribution in [3.05, 3.63) is 0 Å². The zero-order valence-electron chi connectivity index (χ0n) is 13.0. The summed E-state index contributed by atoms with van der Waals surface area (Å²) < 4.78 is 9.96. The summed E-state index contributed by atoms with van der Waals surface area (Å²) in [5.74, 6) is 0. The molecule has 1 rings (SSSR count). The number of hydrogen-bond donors (Lipinski definition) is 2. The van der Waals surface area contributed by atoms with Gasteiger partial charge in [0.25, 0.3) is 6.47 Å².